The molecule has 0 aromatic rings. The molecule has 0 aromatic heterocycles. The van der Waals surface area contributed by atoms with Crippen LogP contribution in [0.25, 0.3) is 5.53 Å². The SMILES string of the molecule is CC(C)OP(=O)(CCOC(=O)C=[N+]=[N-])OC(C)C. The van der Waals surface area contributed by atoms with Crippen molar-refractivity contribution in [1.29, 1.82) is 0 Å². The Labute approximate surface area is 107 Å². The number of hydrogen-bond acceptors (Lipinski definition) is 5. The molecule has 0 heterocycles. The summed E-state index contributed by atoms with van der Waals surface area (Å²) in [4.78, 5) is 13.4. The quantitative estimate of drug-likeness (QED) is 0.222. The second-order valence-corrected chi connectivity index (χ2v) is 6.15. The lowest BCUT2D eigenvalue weighted by atomic mass is 10.5. The Balaban J connectivity index is 4.37. The Kier molecular flexibility index (Phi) is 7.71. The molecule has 0 aromatic carbocycles. The molecular formula is C10H19N2O5P. The molecule has 0 aliphatic heterocycles. The number of esters is 1. The third-order valence-corrected chi connectivity index (χ3v) is 3.73. The van der Waals surface area contributed by atoms with E-state index >= 15 is 0 Å². The standard InChI is InChI=1S/C10H19N2O5P/c1-8(2)16-18(14,17-9(3)4)6-5-15-10(13)7-12-11/h7-9H,5-6H2,1-4H3. The Hall–Kier alpha value is -1.00. The Morgan fingerprint density at radius 3 is 2.17 bits per heavy atom. The van der Waals surface area contributed by atoms with Crippen LogP contribution in [0.3, 0.4) is 0 Å². The molecule has 0 aliphatic rings. The highest BCUT2D eigenvalue weighted by Gasteiger charge is 2.28. The number of hydrogen-bond donors (Lipinski definition) is 0. The number of nitrogens with zero attached hydrogens (tertiary/aromatic N) is 2. The van der Waals surface area contributed by atoms with Gasteiger partial charge in [0.15, 0.2) is 0 Å². The van der Waals surface area contributed by atoms with Crippen LogP contribution < -0.4 is 0 Å². The van der Waals surface area contributed by atoms with E-state index in [1.165, 1.54) is 0 Å². The van der Waals surface area contributed by atoms with Crippen LogP contribution in [0.5, 0.6) is 0 Å². The van der Waals surface area contributed by atoms with Gasteiger partial charge in [-0.25, -0.2) is 4.79 Å². The molecule has 8 heteroatoms. The largest absolute Gasteiger partial charge is 0.457 e. The maximum absolute atomic E-state index is 12.3. The van der Waals surface area contributed by atoms with Gasteiger partial charge in [0, 0.05) is 0 Å². The fraction of sp³-hybridized carbons (Fsp3) is 0.800. The molecule has 0 bridgehead atoms. The van der Waals surface area contributed by atoms with Gasteiger partial charge >= 0.3 is 19.8 Å². The highest BCUT2D eigenvalue weighted by molar-refractivity contribution is 7.53. The molecule has 0 spiro atoms. The summed E-state index contributed by atoms with van der Waals surface area (Å²) in [6, 6.07) is 0. The van der Waals surface area contributed by atoms with Gasteiger partial charge in [0.05, 0.1) is 18.4 Å². The maximum Gasteiger partial charge on any atom is 0.413 e. The summed E-state index contributed by atoms with van der Waals surface area (Å²) in [6.45, 7) is 6.81. The highest BCUT2D eigenvalue weighted by Crippen LogP contribution is 2.50. The van der Waals surface area contributed by atoms with Crippen LogP contribution in [-0.4, -0.2) is 42.0 Å². The highest BCUT2D eigenvalue weighted by atomic mass is 31.2. The van der Waals surface area contributed by atoms with Crippen LogP contribution in [0.1, 0.15) is 27.7 Å². The summed E-state index contributed by atoms with van der Waals surface area (Å²) in [5.41, 5.74) is 8.10. The van der Waals surface area contributed by atoms with E-state index in [4.69, 9.17) is 14.6 Å². The van der Waals surface area contributed by atoms with Crippen LogP contribution in [0.2, 0.25) is 0 Å². The lowest BCUT2D eigenvalue weighted by molar-refractivity contribution is -0.138. The van der Waals surface area contributed by atoms with Crippen molar-refractivity contribution in [2.45, 2.75) is 39.9 Å². The molecule has 0 aliphatic carbocycles. The van der Waals surface area contributed by atoms with E-state index in [1.54, 1.807) is 27.7 Å². The molecule has 7 nitrogen and oxygen atoms in total. The van der Waals surface area contributed by atoms with Gasteiger partial charge in [-0.15, -0.1) is 0 Å². The van der Waals surface area contributed by atoms with Gasteiger partial charge in [-0.1, -0.05) is 0 Å². The minimum absolute atomic E-state index is 0.0473. The molecule has 18 heavy (non-hydrogen) atoms. The zero-order chi connectivity index (χ0) is 14.2. The van der Waals surface area contributed by atoms with Gasteiger partial charge in [-0.3, -0.25) is 4.57 Å². The summed E-state index contributed by atoms with van der Waals surface area (Å²) >= 11 is 0. The van der Waals surface area contributed by atoms with E-state index in [9.17, 15) is 9.36 Å². The van der Waals surface area contributed by atoms with Crippen molar-refractivity contribution in [2.24, 2.45) is 0 Å². The first-order valence-electron chi connectivity index (χ1n) is 5.59. The first-order valence-corrected chi connectivity index (χ1v) is 7.32. The fourth-order valence-electron chi connectivity index (χ4n) is 1.12. The van der Waals surface area contributed by atoms with Crippen molar-refractivity contribution in [1.82, 2.24) is 0 Å². The molecule has 0 atom stereocenters. The smallest absolute Gasteiger partial charge is 0.413 e. The number of rotatable bonds is 8. The Morgan fingerprint density at radius 2 is 1.78 bits per heavy atom. The van der Waals surface area contributed by atoms with Crippen molar-refractivity contribution in [2.75, 3.05) is 12.8 Å². The third kappa shape index (κ3) is 8.14. The van der Waals surface area contributed by atoms with Crippen LogP contribution in [0, 0.1) is 0 Å². The van der Waals surface area contributed by atoms with Crippen molar-refractivity contribution in [3.05, 3.63) is 5.53 Å². The molecule has 0 radical (unpaired) electrons. The second-order valence-electron chi connectivity index (χ2n) is 4.05. The molecule has 0 fully saturated rings. The summed E-state index contributed by atoms with van der Waals surface area (Å²) in [5.74, 6) is -0.821. The minimum atomic E-state index is -3.29. The first-order chi connectivity index (χ1) is 8.29. The van der Waals surface area contributed by atoms with E-state index < -0.39 is 13.6 Å². The van der Waals surface area contributed by atoms with Crippen LogP contribution in [-0.2, 0) is 23.1 Å². The van der Waals surface area contributed by atoms with E-state index in [2.05, 4.69) is 9.53 Å². The van der Waals surface area contributed by atoms with Gasteiger partial charge in [0.25, 0.3) is 0 Å². The normalized spacial score (nSPS) is 11.4. The zero-order valence-electron chi connectivity index (χ0n) is 11.0. The van der Waals surface area contributed by atoms with Crippen molar-refractivity contribution in [3.8, 4) is 0 Å². The number of carbonyl (C=O) groups excluding carboxylic acids is 1. The first kappa shape index (κ1) is 17.0. The van der Waals surface area contributed by atoms with E-state index in [1.807, 2.05) is 0 Å². The average Bonchev–Trinajstić information content (AvgIpc) is 2.14. The maximum atomic E-state index is 12.3. The van der Waals surface area contributed by atoms with Crippen LogP contribution >= 0.6 is 7.60 Å². The Bertz CT molecular complexity index is 349. The van der Waals surface area contributed by atoms with Gasteiger partial charge < -0.3 is 19.3 Å². The van der Waals surface area contributed by atoms with Gasteiger partial charge in [0.1, 0.15) is 6.61 Å². The second kappa shape index (κ2) is 8.16. The lowest BCUT2D eigenvalue weighted by Gasteiger charge is -2.22. The predicted molar refractivity (Wildman–Crippen MR) is 65.6 cm³/mol. The van der Waals surface area contributed by atoms with Gasteiger partial charge in [-0.05, 0) is 27.7 Å². The van der Waals surface area contributed by atoms with E-state index in [-0.39, 0.29) is 25.0 Å². The van der Waals surface area contributed by atoms with Gasteiger partial charge in [0.2, 0.25) is 0 Å². The van der Waals surface area contributed by atoms with Crippen molar-refractivity contribution in [3.63, 3.8) is 0 Å². The summed E-state index contributed by atoms with van der Waals surface area (Å²) in [7, 11) is -3.29. The minimum Gasteiger partial charge on any atom is -0.457 e. The van der Waals surface area contributed by atoms with E-state index in [0.717, 1.165) is 0 Å². The molecule has 104 valence electrons. The third-order valence-electron chi connectivity index (χ3n) is 1.52. The number of carbonyl (C=O) groups is 1. The topological polar surface area (TPSA) is 98.2 Å². The number of ether oxygens (including phenoxy) is 1. The molecule has 0 amide bonds. The molecule has 0 rings (SSSR count). The Morgan fingerprint density at radius 1 is 1.28 bits per heavy atom. The van der Waals surface area contributed by atoms with Gasteiger partial charge in [-0.2, -0.15) is 4.79 Å². The van der Waals surface area contributed by atoms with Crippen molar-refractivity contribution >= 4 is 19.8 Å². The summed E-state index contributed by atoms with van der Waals surface area (Å²) in [5, 5.41) is 0. The predicted octanol–water partition coefficient (Wildman–Crippen LogP) is 1.87. The molecule has 0 N–H and O–H groups in total. The molecule has 0 saturated heterocycles. The zero-order valence-corrected chi connectivity index (χ0v) is 11.9. The van der Waals surface area contributed by atoms with E-state index in [0.29, 0.717) is 6.21 Å². The summed E-state index contributed by atoms with van der Waals surface area (Å²) in [6.07, 6.45) is 0.0416. The lowest BCUT2D eigenvalue weighted by Crippen LogP contribution is -2.15. The average molecular weight is 278 g/mol. The fourth-order valence-corrected chi connectivity index (χ4v) is 2.98. The molecular weight excluding hydrogens is 259 g/mol. The summed E-state index contributed by atoms with van der Waals surface area (Å²) < 4.78 is 27.4. The molecule has 0 saturated carbocycles. The van der Waals surface area contributed by atoms with Crippen molar-refractivity contribution < 1.29 is 27.9 Å². The van der Waals surface area contributed by atoms with Crippen LogP contribution in [0.15, 0.2) is 0 Å². The molecule has 0 unspecified atom stereocenters. The monoisotopic (exact) mass is 278 g/mol. The van der Waals surface area contributed by atoms with Crippen LogP contribution in [0.4, 0.5) is 0 Å².